The molecule has 0 spiro atoms. The van der Waals surface area contributed by atoms with Gasteiger partial charge in [-0.2, -0.15) is 0 Å². The first-order chi connectivity index (χ1) is 11.6. The zero-order chi connectivity index (χ0) is 16.8. The number of ether oxygens (including phenoxy) is 2. The van der Waals surface area contributed by atoms with Crippen molar-refractivity contribution in [2.45, 2.75) is 13.0 Å². The van der Waals surface area contributed by atoms with Gasteiger partial charge in [-0.15, -0.1) is 0 Å². The van der Waals surface area contributed by atoms with Crippen LogP contribution in [0.1, 0.15) is 29.0 Å². The number of hydrogen-bond donors (Lipinski definition) is 2. The van der Waals surface area contributed by atoms with Crippen LogP contribution in [0.25, 0.3) is 22.2 Å². The molecule has 6 heteroatoms. The van der Waals surface area contributed by atoms with E-state index in [1.165, 1.54) is 14.0 Å². The molecular weight excluding hydrogens is 306 g/mol. The maximum Gasteiger partial charge on any atom is 0.214 e. The van der Waals surface area contributed by atoms with Gasteiger partial charge in [-0.05, 0) is 18.2 Å². The molecule has 1 aromatic carbocycles. The molecule has 1 aliphatic heterocycles. The molecule has 0 fully saturated rings. The molecule has 1 atom stereocenters. The molecule has 122 valence electrons. The fraction of sp³-hybridized carbons (Fsp3) is 0.222. The second kappa shape index (κ2) is 5.35. The summed E-state index contributed by atoms with van der Waals surface area (Å²) in [5, 5.41) is 0.982. The van der Waals surface area contributed by atoms with Gasteiger partial charge in [0, 0.05) is 40.7 Å². The summed E-state index contributed by atoms with van der Waals surface area (Å²) < 4.78 is 11.0. The average molecular weight is 323 g/mol. The van der Waals surface area contributed by atoms with Gasteiger partial charge >= 0.3 is 0 Å². The summed E-state index contributed by atoms with van der Waals surface area (Å²) in [7, 11) is 1.53. The second-order valence-corrected chi connectivity index (χ2v) is 5.89. The number of aromatic nitrogens is 2. The van der Waals surface area contributed by atoms with Gasteiger partial charge < -0.3 is 20.2 Å². The highest BCUT2D eigenvalue weighted by atomic mass is 16.5. The van der Waals surface area contributed by atoms with Crippen LogP contribution in [0.5, 0.6) is 11.6 Å². The molecule has 0 aliphatic carbocycles. The first kappa shape index (κ1) is 14.7. The molecule has 6 nitrogen and oxygen atoms in total. The van der Waals surface area contributed by atoms with Crippen LogP contribution in [-0.4, -0.2) is 29.5 Å². The summed E-state index contributed by atoms with van der Waals surface area (Å²) in [6.45, 7) is 1.98. The van der Waals surface area contributed by atoms with E-state index in [1.54, 1.807) is 12.1 Å². The van der Waals surface area contributed by atoms with Gasteiger partial charge in [-0.1, -0.05) is 6.07 Å². The van der Waals surface area contributed by atoms with Crippen molar-refractivity contribution in [3.8, 4) is 22.9 Å². The highest BCUT2D eigenvalue weighted by Gasteiger charge is 2.23. The fourth-order valence-electron chi connectivity index (χ4n) is 3.01. The number of pyridine rings is 1. The smallest absolute Gasteiger partial charge is 0.214 e. The monoisotopic (exact) mass is 323 g/mol. The van der Waals surface area contributed by atoms with Crippen molar-refractivity contribution in [3.05, 3.63) is 41.6 Å². The molecule has 1 unspecified atom stereocenters. The number of ketones is 1. The number of H-pyrrole nitrogens is 1. The number of nitrogens with two attached hydrogens (primary N) is 1. The Morgan fingerprint density at radius 3 is 2.96 bits per heavy atom. The van der Waals surface area contributed by atoms with Crippen LogP contribution in [0.4, 0.5) is 0 Å². The Labute approximate surface area is 138 Å². The van der Waals surface area contributed by atoms with Crippen LogP contribution in [-0.2, 0) is 0 Å². The van der Waals surface area contributed by atoms with Crippen LogP contribution in [0.2, 0.25) is 0 Å². The van der Waals surface area contributed by atoms with Gasteiger partial charge in [0.05, 0.1) is 13.2 Å². The van der Waals surface area contributed by atoms with Crippen molar-refractivity contribution in [3.63, 3.8) is 0 Å². The number of Topliss-reactive ketones (excluding diaryl/α,β-unsaturated/α-hetero) is 1. The molecule has 0 saturated carbocycles. The minimum atomic E-state index is -0.110. The van der Waals surface area contributed by atoms with Crippen LogP contribution in [0.3, 0.4) is 0 Å². The van der Waals surface area contributed by atoms with Gasteiger partial charge in [0.1, 0.15) is 18.1 Å². The first-order valence-electron chi connectivity index (χ1n) is 7.68. The molecule has 4 rings (SSSR count). The maximum atomic E-state index is 11.7. The Kier molecular flexibility index (Phi) is 3.28. The quantitative estimate of drug-likeness (QED) is 0.723. The van der Waals surface area contributed by atoms with Crippen molar-refractivity contribution in [2.75, 3.05) is 13.7 Å². The number of methoxy groups -OCH3 is 1. The summed E-state index contributed by atoms with van der Waals surface area (Å²) in [5.41, 5.74) is 10.1. The Balaban J connectivity index is 1.88. The number of aromatic amines is 1. The van der Waals surface area contributed by atoms with Crippen molar-refractivity contribution in [1.29, 1.82) is 0 Å². The number of fused-ring (bicyclic) bond motifs is 3. The number of rotatable bonds is 3. The molecule has 0 bridgehead atoms. The Morgan fingerprint density at radius 1 is 1.38 bits per heavy atom. The van der Waals surface area contributed by atoms with Gasteiger partial charge in [0.25, 0.3) is 0 Å². The lowest BCUT2D eigenvalue weighted by molar-refractivity contribution is 0.101. The summed E-state index contributed by atoms with van der Waals surface area (Å²) in [5.74, 6) is 1.12. The third-order valence-corrected chi connectivity index (χ3v) is 4.27. The third kappa shape index (κ3) is 2.23. The lowest BCUT2D eigenvalue weighted by Gasteiger charge is -2.05. The lowest BCUT2D eigenvalue weighted by atomic mass is 10.1. The molecule has 2 aromatic heterocycles. The summed E-state index contributed by atoms with van der Waals surface area (Å²) in [6, 6.07) is 9.45. The average Bonchev–Trinajstić information content (AvgIpc) is 3.18. The van der Waals surface area contributed by atoms with Crippen LogP contribution < -0.4 is 15.2 Å². The van der Waals surface area contributed by atoms with Gasteiger partial charge in [0.15, 0.2) is 5.78 Å². The van der Waals surface area contributed by atoms with Gasteiger partial charge in [0.2, 0.25) is 5.88 Å². The zero-order valence-electron chi connectivity index (χ0n) is 13.4. The molecular formula is C18H17N3O3. The zero-order valence-corrected chi connectivity index (χ0v) is 13.4. The van der Waals surface area contributed by atoms with E-state index in [-0.39, 0.29) is 11.8 Å². The van der Waals surface area contributed by atoms with Crippen molar-refractivity contribution in [1.82, 2.24) is 9.97 Å². The topological polar surface area (TPSA) is 90.2 Å². The highest BCUT2D eigenvalue weighted by molar-refractivity contribution is 5.95. The minimum Gasteiger partial charge on any atom is -0.491 e. The Hall–Kier alpha value is -2.86. The number of nitrogens with zero attached hydrogens (tertiary/aromatic N) is 1. The predicted octanol–water partition coefficient (Wildman–Crippen LogP) is 2.83. The van der Waals surface area contributed by atoms with Gasteiger partial charge in [-0.3, -0.25) is 4.79 Å². The molecule has 0 radical (unpaired) electrons. The SMILES string of the molecule is COc1cc(-c2cc3c4c(ccc3[nH]2)C(N)CO4)cc(C(C)=O)n1. The van der Waals surface area contributed by atoms with E-state index in [1.807, 2.05) is 18.2 Å². The first-order valence-corrected chi connectivity index (χ1v) is 7.68. The minimum absolute atomic E-state index is 0.0897. The normalized spacial score (nSPS) is 16.0. The summed E-state index contributed by atoms with van der Waals surface area (Å²) >= 11 is 0. The number of hydrogen-bond acceptors (Lipinski definition) is 5. The van der Waals surface area contributed by atoms with E-state index in [2.05, 4.69) is 9.97 Å². The maximum absolute atomic E-state index is 11.7. The number of benzene rings is 1. The van der Waals surface area contributed by atoms with E-state index in [4.69, 9.17) is 15.2 Å². The number of nitrogens with one attached hydrogen (secondary N) is 1. The molecule has 24 heavy (non-hydrogen) atoms. The van der Waals surface area contributed by atoms with Gasteiger partial charge in [-0.25, -0.2) is 4.98 Å². The summed E-state index contributed by atoms with van der Waals surface area (Å²) in [4.78, 5) is 19.2. The Bertz CT molecular complexity index is 962. The third-order valence-electron chi connectivity index (χ3n) is 4.27. The van der Waals surface area contributed by atoms with Crippen molar-refractivity contribution >= 4 is 16.7 Å². The van der Waals surface area contributed by atoms with Crippen molar-refractivity contribution < 1.29 is 14.3 Å². The molecule has 0 amide bonds. The molecule has 3 heterocycles. The highest BCUT2D eigenvalue weighted by Crippen LogP contribution is 2.39. The largest absolute Gasteiger partial charge is 0.491 e. The summed E-state index contributed by atoms with van der Waals surface area (Å²) in [6.07, 6.45) is 0. The van der Waals surface area contributed by atoms with Crippen LogP contribution in [0.15, 0.2) is 30.3 Å². The number of carbonyl (C=O) groups excluding carboxylic acids is 1. The van der Waals surface area contributed by atoms with E-state index in [9.17, 15) is 4.79 Å². The Morgan fingerprint density at radius 2 is 2.21 bits per heavy atom. The fourth-order valence-corrected chi connectivity index (χ4v) is 3.01. The number of carbonyl (C=O) groups is 1. The van der Waals surface area contributed by atoms with Crippen LogP contribution in [0, 0.1) is 0 Å². The molecule has 3 N–H and O–H groups in total. The van der Waals surface area contributed by atoms with E-state index in [0.717, 1.165) is 33.5 Å². The van der Waals surface area contributed by atoms with Crippen molar-refractivity contribution in [2.24, 2.45) is 5.73 Å². The standard InChI is InChI=1S/C18H17N3O3/c1-9(22)15-5-10(6-17(21-15)23-2)16-7-12-14(20-16)4-3-11-13(19)8-24-18(11)12/h3-7,13,20H,8,19H2,1-2H3. The molecule has 0 saturated heterocycles. The molecule has 1 aliphatic rings. The van der Waals surface area contributed by atoms with E-state index < -0.39 is 0 Å². The predicted molar refractivity (Wildman–Crippen MR) is 90.5 cm³/mol. The lowest BCUT2D eigenvalue weighted by Crippen LogP contribution is -2.10. The second-order valence-electron chi connectivity index (χ2n) is 5.89. The van der Waals surface area contributed by atoms with E-state index >= 15 is 0 Å². The van der Waals surface area contributed by atoms with E-state index in [0.29, 0.717) is 18.2 Å². The molecule has 3 aromatic rings. The van der Waals surface area contributed by atoms with Crippen LogP contribution >= 0.6 is 0 Å².